The molecule has 2 rings (SSSR count). The van der Waals surface area contributed by atoms with Crippen LogP contribution in [0.2, 0.25) is 0 Å². The van der Waals surface area contributed by atoms with Gasteiger partial charge in [0.2, 0.25) is 0 Å². The fraction of sp³-hybridized carbons (Fsp3) is 0.571. The van der Waals surface area contributed by atoms with E-state index in [0.29, 0.717) is 13.2 Å². The first kappa shape index (κ1) is 13.2. The highest BCUT2D eigenvalue weighted by Gasteiger charge is 2.24. The third kappa shape index (κ3) is 3.37. The van der Waals surface area contributed by atoms with Crippen LogP contribution in [0.15, 0.2) is 24.3 Å². The highest BCUT2D eigenvalue weighted by Crippen LogP contribution is 2.24. The average molecular weight is 251 g/mol. The van der Waals surface area contributed by atoms with Crippen molar-refractivity contribution in [2.24, 2.45) is 0 Å². The molecule has 0 bridgehead atoms. The quantitative estimate of drug-likeness (QED) is 0.843. The van der Waals surface area contributed by atoms with Crippen LogP contribution in [0.1, 0.15) is 19.8 Å². The van der Waals surface area contributed by atoms with Crippen molar-refractivity contribution in [3.05, 3.63) is 24.3 Å². The van der Waals surface area contributed by atoms with Gasteiger partial charge in [0.05, 0.1) is 32.1 Å². The summed E-state index contributed by atoms with van der Waals surface area (Å²) in [6.45, 7) is 3.50. The Balaban J connectivity index is 1.81. The zero-order valence-corrected chi connectivity index (χ0v) is 11.0. The molecular formula is C14H21NO3. The Hall–Kier alpha value is -1.26. The van der Waals surface area contributed by atoms with Crippen LogP contribution in [0.25, 0.3) is 0 Å². The van der Waals surface area contributed by atoms with Gasteiger partial charge in [0.25, 0.3) is 0 Å². The molecule has 2 atom stereocenters. The molecule has 0 saturated carbocycles. The molecule has 1 heterocycles. The predicted octanol–water partition coefficient (Wildman–Crippen LogP) is 2.65. The van der Waals surface area contributed by atoms with E-state index in [1.807, 2.05) is 24.3 Å². The number of methoxy groups -OCH3 is 1. The van der Waals surface area contributed by atoms with Crippen molar-refractivity contribution in [1.29, 1.82) is 0 Å². The van der Waals surface area contributed by atoms with Crippen molar-refractivity contribution in [1.82, 2.24) is 0 Å². The van der Waals surface area contributed by atoms with Crippen molar-refractivity contribution in [2.75, 3.05) is 25.6 Å². The lowest BCUT2D eigenvalue weighted by Crippen LogP contribution is -2.21. The summed E-state index contributed by atoms with van der Waals surface area (Å²) in [6, 6.07) is 7.83. The van der Waals surface area contributed by atoms with Gasteiger partial charge in [-0.05, 0) is 18.6 Å². The first-order chi connectivity index (χ1) is 8.83. The maximum Gasteiger partial charge on any atom is 0.175 e. The smallest absolute Gasteiger partial charge is 0.175 e. The number of hydrogen-bond donors (Lipinski definition) is 1. The molecule has 0 radical (unpaired) electrons. The first-order valence-corrected chi connectivity index (χ1v) is 6.47. The molecule has 1 aromatic rings. The number of nitrogens with one attached hydrogen (secondary N) is 1. The number of ether oxygens (including phenoxy) is 3. The standard InChI is InChI=1S/C14H21NO3/c1-3-6-11-10-17-14(18-11)9-15-12-7-4-5-8-13(12)16-2/h4-5,7-8,11,14-15H,3,6,9-10H2,1-2H3. The van der Waals surface area contributed by atoms with Crippen LogP contribution in [0, 0.1) is 0 Å². The summed E-state index contributed by atoms with van der Waals surface area (Å²) < 4.78 is 16.6. The van der Waals surface area contributed by atoms with Crippen molar-refractivity contribution in [3.63, 3.8) is 0 Å². The third-order valence-electron chi connectivity index (χ3n) is 2.99. The number of rotatable bonds is 6. The summed E-state index contributed by atoms with van der Waals surface area (Å²) in [5.74, 6) is 0.834. The van der Waals surface area contributed by atoms with E-state index in [9.17, 15) is 0 Å². The predicted molar refractivity (Wildman–Crippen MR) is 71.0 cm³/mol. The van der Waals surface area contributed by atoms with Crippen LogP contribution in [-0.2, 0) is 9.47 Å². The minimum absolute atomic E-state index is 0.161. The van der Waals surface area contributed by atoms with Gasteiger partial charge in [0, 0.05) is 0 Å². The molecule has 2 unspecified atom stereocenters. The molecule has 4 heteroatoms. The van der Waals surface area contributed by atoms with E-state index in [1.165, 1.54) is 0 Å². The maximum atomic E-state index is 5.77. The molecular weight excluding hydrogens is 230 g/mol. The topological polar surface area (TPSA) is 39.7 Å². The number of benzene rings is 1. The van der Waals surface area contributed by atoms with Gasteiger partial charge in [0.1, 0.15) is 5.75 Å². The number of para-hydroxylation sites is 2. The van der Waals surface area contributed by atoms with Crippen LogP contribution < -0.4 is 10.1 Å². The van der Waals surface area contributed by atoms with Gasteiger partial charge in [-0.2, -0.15) is 0 Å². The Morgan fingerprint density at radius 3 is 3.00 bits per heavy atom. The summed E-state index contributed by atoms with van der Waals surface area (Å²) in [5.41, 5.74) is 0.964. The normalized spacial score (nSPS) is 23.0. The first-order valence-electron chi connectivity index (χ1n) is 6.47. The fourth-order valence-electron chi connectivity index (χ4n) is 2.07. The van der Waals surface area contributed by atoms with Gasteiger partial charge in [-0.25, -0.2) is 0 Å². The third-order valence-corrected chi connectivity index (χ3v) is 2.99. The lowest BCUT2D eigenvalue weighted by Gasteiger charge is -2.14. The second-order valence-electron chi connectivity index (χ2n) is 4.39. The summed E-state index contributed by atoms with van der Waals surface area (Å²) in [6.07, 6.45) is 2.28. The van der Waals surface area contributed by atoms with Crippen LogP contribution in [0.3, 0.4) is 0 Å². The van der Waals surface area contributed by atoms with Gasteiger partial charge in [0.15, 0.2) is 6.29 Å². The second kappa shape index (κ2) is 6.61. The monoisotopic (exact) mass is 251 g/mol. The molecule has 1 N–H and O–H groups in total. The van der Waals surface area contributed by atoms with Gasteiger partial charge < -0.3 is 19.5 Å². The van der Waals surface area contributed by atoms with Crippen molar-refractivity contribution >= 4 is 5.69 Å². The SMILES string of the molecule is CCCC1COC(CNc2ccccc2OC)O1. The van der Waals surface area contributed by atoms with E-state index in [2.05, 4.69) is 12.2 Å². The molecule has 18 heavy (non-hydrogen) atoms. The molecule has 1 saturated heterocycles. The molecule has 100 valence electrons. The van der Waals surface area contributed by atoms with E-state index in [4.69, 9.17) is 14.2 Å². The Morgan fingerprint density at radius 2 is 2.22 bits per heavy atom. The molecule has 0 amide bonds. The lowest BCUT2D eigenvalue weighted by atomic mass is 10.2. The Labute approximate surface area is 108 Å². The molecule has 1 aliphatic heterocycles. The maximum absolute atomic E-state index is 5.77. The van der Waals surface area contributed by atoms with Gasteiger partial charge >= 0.3 is 0 Å². The second-order valence-corrected chi connectivity index (χ2v) is 4.39. The summed E-state index contributed by atoms with van der Waals surface area (Å²) in [4.78, 5) is 0. The molecule has 1 aliphatic rings. The zero-order chi connectivity index (χ0) is 12.8. The number of hydrogen-bond acceptors (Lipinski definition) is 4. The van der Waals surface area contributed by atoms with Crippen LogP contribution in [0.4, 0.5) is 5.69 Å². The van der Waals surface area contributed by atoms with E-state index >= 15 is 0 Å². The minimum Gasteiger partial charge on any atom is -0.495 e. The fourth-order valence-corrected chi connectivity index (χ4v) is 2.07. The van der Waals surface area contributed by atoms with Crippen LogP contribution in [-0.4, -0.2) is 32.7 Å². The van der Waals surface area contributed by atoms with E-state index in [-0.39, 0.29) is 12.4 Å². The Kier molecular flexibility index (Phi) is 4.84. The van der Waals surface area contributed by atoms with E-state index in [1.54, 1.807) is 7.11 Å². The summed E-state index contributed by atoms with van der Waals surface area (Å²) in [5, 5.41) is 3.29. The Morgan fingerprint density at radius 1 is 1.39 bits per heavy atom. The largest absolute Gasteiger partial charge is 0.495 e. The number of anilines is 1. The van der Waals surface area contributed by atoms with Gasteiger partial charge in [-0.15, -0.1) is 0 Å². The highest BCUT2D eigenvalue weighted by atomic mass is 16.7. The molecule has 1 fully saturated rings. The average Bonchev–Trinajstić information content (AvgIpc) is 2.85. The molecule has 4 nitrogen and oxygen atoms in total. The molecule has 1 aromatic carbocycles. The lowest BCUT2D eigenvalue weighted by molar-refractivity contribution is -0.0473. The van der Waals surface area contributed by atoms with Gasteiger partial charge in [-0.1, -0.05) is 25.5 Å². The van der Waals surface area contributed by atoms with Crippen LogP contribution in [0.5, 0.6) is 5.75 Å². The zero-order valence-electron chi connectivity index (χ0n) is 11.0. The van der Waals surface area contributed by atoms with Crippen molar-refractivity contribution < 1.29 is 14.2 Å². The minimum atomic E-state index is -0.161. The van der Waals surface area contributed by atoms with E-state index < -0.39 is 0 Å². The molecule has 0 spiro atoms. The van der Waals surface area contributed by atoms with Crippen LogP contribution >= 0.6 is 0 Å². The molecule has 0 aromatic heterocycles. The highest BCUT2D eigenvalue weighted by molar-refractivity contribution is 5.56. The summed E-state index contributed by atoms with van der Waals surface area (Å²) >= 11 is 0. The van der Waals surface area contributed by atoms with Crippen molar-refractivity contribution in [2.45, 2.75) is 32.2 Å². The summed E-state index contributed by atoms with van der Waals surface area (Å²) in [7, 11) is 1.67. The Bertz CT molecular complexity index is 370. The van der Waals surface area contributed by atoms with Gasteiger partial charge in [-0.3, -0.25) is 0 Å². The van der Waals surface area contributed by atoms with Crippen molar-refractivity contribution in [3.8, 4) is 5.75 Å². The molecule has 0 aliphatic carbocycles. The van der Waals surface area contributed by atoms with E-state index in [0.717, 1.165) is 24.3 Å².